The third kappa shape index (κ3) is 4.52. The van der Waals surface area contributed by atoms with Crippen molar-refractivity contribution in [3.8, 4) is 5.75 Å². The number of aliphatic carboxylic acids is 1. The van der Waals surface area contributed by atoms with Crippen LogP contribution in [0.25, 0.3) is 0 Å². The summed E-state index contributed by atoms with van der Waals surface area (Å²) in [7, 11) is -3.72. The van der Waals surface area contributed by atoms with E-state index in [0.29, 0.717) is 18.6 Å². The van der Waals surface area contributed by atoms with Gasteiger partial charge in [-0.1, -0.05) is 37.3 Å². The number of fused-ring (bicyclic) bond motifs is 1. The van der Waals surface area contributed by atoms with Gasteiger partial charge in [0.05, 0.1) is 12.0 Å². The molecule has 1 aliphatic rings. The van der Waals surface area contributed by atoms with E-state index in [4.69, 9.17) is 4.74 Å². The van der Waals surface area contributed by atoms with E-state index in [1.165, 1.54) is 4.31 Å². The van der Waals surface area contributed by atoms with Crippen LogP contribution in [0.15, 0.2) is 47.4 Å². The summed E-state index contributed by atoms with van der Waals surface area (Å²) in [5, 5.41) is 9.44. The number of para-hydroxylation sites is 1. The predicted octanol–water partition coefficient (Wildman–Crippen LogP) is 4.01. The van der Waals surface area contributed by atoms with E-state index in [2.05, 4.69) is 0 Å². The van der Waals surface area contributed by atoms with Crippen LogP contribution in [0.4, 0.5) is 0 Å². The molecule has 1 atom stereocenters. The Bertz CT molecular complexity index is 1050. The Hall–Kier alpha value is -2.38. The van der Waals surface area contributed by atoms with E-state index in [1.807, 2.05) is 32.0 Å². The monoisotopic (exact) mass is 431 g/mol. The van der Waals surface area contributed by atoms with Crippen molar-refractivity contribution in [2.45, 2.75) is 58.1 Å². The third-order valence-corrected chi connectivity index (χ3v) is 7.46. The number of sulfonamides is 1. The first kappa shape index (κ1) is 22.3. The van der Waals surface area contributed by atoms with Crippen molar-refractivity contribution in [1.82, 2.24) is 4.31 Å². The smallest absolute Gasteiger partial charge is 0.309 e. The molecule has 0 spiro atoms. The van der Waals surface area contributed by atoms with Gasteiger partial charge in [0.15, 0.2) is 0 Å². The second-order valence-electron chi connectivity index (χ2n) is 8.52. The van der Waals surface area contributed by atoms with Gasteiger partial charge in [-0.15, -0.1) is 0 Å². The van der Waals surface area contributed by atoms with Crippen LogP contribution in [0.5, 0.6) is 5.75 Å². The van der Waals surface area contributed by atoms with Crippen molar-refractivity contribution in [2.75, 3.05) is 6.54 Å². The lowest BCUT2D eigenvalue weighted by Gasteiger charge is -2.24. The maximum atomic E-state index is 13.4. The fourth-order valence-electron chi connectivity index (χ4n) is 3.58. The highest BCUT2D eigenvalue weighted by molar-refractivity contribution is 7.89. The molecule has 1 N–H and O–H groups in total. The van der Waals surface area contributed by atoms with Gasteiger partial charge >= 0.3 is 5.97 Å². The second-order valence-corrected chi connectivity index (χ2v) is 10.4. The Labute approximate surface area is 178 Å². The van der Waals surface area contributed by atoms with Gasteiger partial charge in [0.25, 0.3) is 0 Å². The number of carbonyl (C=O) groups is 1. The molecule has 0 aliphatic carbocycles. The summed E-state index contributed by atoms with van der Waals surface area (Å²) >= 11 is 0. The molecule has 7 heteroatoms. The number of hydrogen-bond acceptors (Lipinski definition) is 4. The molecular weight excluding hydrogens is 402 g/mol. The molecule has 1 aliphatic heterocycles. The van der Waals surface area contributed by atoms with Crippen LogP contribution < -0.4 is 4.74 Å². The van der Waals surface area contributed by atoms with Crippen molar-refractivity contribution in [1.29, 1.82) is 0 Å². The van der Waals surface area contributed by atoms with E-state index < -0.39 is 21.4 Å². The molecule has 1 heterocycles. The molecule has 0 bridgehead atoms. The fourth-order valence-corrected chi connectivity index (χ4v) is 5.16. The van der Waals surface area contributed by atoms with Crippen LogP contribution in [-0.2, 0) is 27.8 Å². The summed E-state index contributed by atoms with van der Waals surface area (Å²) in [6, 6.07) is 12.5. The maximum Gasteiger partial charge on any atom is 0.309 e. The molecule has 30 heavy (non-hydrogen) atoms. The summed E-state index contributed by atoms with van der Waals surface area (Å²) in [5.74, 6) is -0.472. The minimum absolute atomic E-state index is 0.182. The summed E-state index contributed by atoms with van der Waals surface area (Å²) in [4.78, 5) is 11.7. The molecular formula is C23H29NO5S. The normalized spacial score (nSPS) is 18.9. The number of carboxylic acid groups (broad SMARTS) is 1. The fraction of sp³-hybridized carbons (Fsp3) is 0.435. The molecule has 0 fully saturated rings. The number of rotatable bonds is 6. The molecule has 162 valence electrons. The standard InChI is InChI=1S/C23H29NO5S/c1-5-19-15-24(30(27,28)21-9-7-6-8-20(21)29-19)14-18-12-17(11-10-16(18)2)13-23(3,4)22(25)26/h6-12,19H,5,13-15H2,1-4H3,(H,25,26)/t19-/m1/s1. The van der Waals surface area contributed by atoms with E-state index in [0.717, 1.165) is 16.7 Å². The van der Waals surface area contributed by atoms with Crippen LogP contribution in [-0.4, -0.2) is 36.4 Å². The molecule has 0 unspecified atom stereocenters. The zero-order valence-corrected chi connectivity index (χ0v) is 18.7. The first-order valence-electron chi connectivity index (χ1n) is 10.1. The van der Waals surface area contributed by atoms with Crippen molar-refractivity contribution >= 4 is 16.0 Å². The van der Waals surface area contributed by atoms with Gasteiger partial charge in [-0.2, -0.15) is 4.31 Å². The Morgan fingerprint density at radius 3 is 2.60 bits per heavy atom. The lowest BCUT2D eigenvalue weighted by Crippen LogP contribution is -2.36. The lowest BCUT2D eigenvalue weighted by atomic mass is 9.85. The van der Waals surface area contributed by atoms with Gasteiger partial charge in [0.2, 0.25) is 10.0 Å². The SMILES string of the molecule is CC[C@@H]1CN(Cc2cc(CC(C)(C)C(=O)O)ccc2C)S(=O)(=O)c2ccccc2O1. The molecule has 0 aromatic heterocycles. The Morgan fingerprint density at radius 1 is 1.23 bits per heavy atom. The highest BCUT2D eigenvalue weighted by atomic mass is 32.2. The number of ether oxygens (including phenoxy) is 1. The van der Waals surface area contributed by atoms with E-state index in [1.54, 1.807) is 38.1 Å². The quantitative estimate of drug-likeness (QED) is 0.747. The summed E-state index contributed by atoms with van der Waals surface area (Å²) < 4.78 is 34.2. The average molecular weight is 432 g/mol. The third-order valence-electron chi connectivity index (χ3n) is 5.61. The van der Waals surface area contributed by atoms with Gasteiger partial charge in [0, 0.05) is 6.54 Å². The van der Waals surface area contributed by atoms with E-state index in [-0.39, 0.29) is 24.1 Å². The maximum absolute atomic E-state index is 13.4. The highest BCUT2D eigenvalue weighted by Crippen LogP contribution is 2.33. The lowest BCUT2D eigenvalue weighted by molar-refractivity contribution is -0.146. The van der Waals surface area contributed by atoms with Gasteiger partial charge in [-0.3, -0.25) is 4.79 Å². The molecule has 2 aromatic rings. The van der Waals surface area contributed by atoms with Crippen molar-refractivity contribution < 1.29 is 23.1 Å². The number of carboxylic acids is 1. The van der Waals surface area contributed by atoms with E-state index in [9.17, 15) is 18.3 Å². The summed E-state index contributed by atoms with van der Waals surface area (Å²) in [5.41, 5.74) is 1.81. The minimum atomic E-state index is -3.72. The largest absolute Gasteiger partial charge is 0.488 e. The van der Waals surface area contributed by atoms with Crippen LogP contribution >= 0.6 is 0 Å². The van der Waals surface area contributed by atoms with E-state index >= 15 is 0 Å². The Morgan fingerprint density at radius 2 is 1.93 bits per heavy atom. The first-order chi connectivity index (χ1) is 14.0. The van der Waals surface area contributed by atoms with Crippen molar-refractivity contribution in [3.63, 3.8) is 0 Å². The summed E-state index contributed by atoms with van der Waals surface area (Å²) in [6.45, 7) is 7.76. The summed E-state index contributed by atoms with van der Waals surface area (Å²) in [6.07, 6.45) is 0.816. The zero-order chi connectivity index (χ0) is 22.1. The number of aryl methyl sites for hydroxylation is 1. The molecule has 0 radical (unpaired) electrons. The number of hydrogen-bond donors (Lipinski definition) is 1. The Balaban J connectivity index is 1.96. The van der Waals surface area contributed by atoms with Crippen LogP contribution in [0.3, 0.4) is 0 Å². The zero-order valence-electron chi connectivity index (χ0n) is 17.9. The molecule has 0 saturated carbocycles. The first-order valence-corrected chi connectivity index (χ1v) is 11.6. The van der Waals surface area contributed by atoms with Gasteiger partial charge in [-0.25, -0.2) is 8.42 Å². The highest BCUT2D eigenvalue weighted by Gasteiger charge is 2.34. The topological polar surface area (TPSA) is 83.9 Å². The minimum Gasteiger partial charge on any atom is -0.488 e. The van der Waals surface area contributed by atoms with Gasteiger partial charge < -0.3 is 9.84 Å². The second kappa shape index (κ2) is 8.40. The van der Waals surface area contributed by atoms with Crippen molar-refractivity contribution in [2.24, 2.45) is 5.41 Å². The van der Waals surface area contributed by atoms with Crippen molar-refractivity contribution in [3.05, 3.63) is 59.2 Å². The predicted molar refractivity (Wildman–Crippen MR) is 115 cm³/mol. The number of benzene rings is 2. The van der Waals surface area contributed by atoms with Crippen LogP contribution in [0.2, 0.25) is 0 Å². The average Bonchev–Trinajstić information content (AvgIpc) is 2.78. The van der Waals surface area contributed by atoms with Crippen LogP contribution in [0, 0.1) is 12.3 Å². The van der Waals surface area contributed by atoms with Gasteiger partial charge in [0.1, 0.15) is 16.7 Å². The van der Waals surface area contributed by atoms with Crippen LogP contribution in [0.1, 0.15) is 43.9 Å². The van der Waals surface area contributed by atoms with Gasteiger partial charge in [-0.05, 0) is 62.4 Å². The Kier molecular flexibility index (Phi) is 6.24. The molecule has 2 aromatic carbocycles. The molecule has 0 amide bonds. The molecule has 3 rings (SSSR count). The molecule has 6 nitrogen and oxygen atoms in total. The molecule has 0 saturated heterocycles. The number of nitrogens with zero attached hydrogens (tertiary/aromatic N) is 1.